The van der Waals surface area contributed by atoms with E-state index in [4.69, 9.17) is 10.2 Å². The van der Waals surface area contributed by atoms with Crippen LogP contribution in [-0.2, 0) is 0 Å². The molecule has 3 nitrogen and oxygen atoms in total. The van der Waals surface area contributed by atoms with Gasteiger partial charge in [0.25, 0.3) is 0 Å². The van der Waals surface area contributed by atoms with E-state index in [-0.39, 0.29) is 26.9 Å². The molecule has 0 heterocycles. The van der Waals surface area contributed by atoms with Crippen molar-refractivity contribution < 1.29 is 15.7 Å². The van der Waals surface area contributed by atoms with Crippen LogP contribution in [0.1, 0.15) is 25.7 Å². The molecule has 0 spiro atoms. The molecule has 1 aliphatic rings. The van der Waals surface area contributed by atoms with Crippen molar-refractivity contribution in [2.24, 2.45) is 0 Å². The van der Waals surface area contributed by atoms with Gasteiger partial charge in [-0.15, -0.1) is 0 Å². The SMILES string of the molecule is C1CCC1.O.Oc1ccccc1O.P. The molecular formula is C10H19O3P. The summed E-state index contributed by atoms with van der Waals surface area (Å²) in [6, 6.07) is 6.15. The fourth-order valence-corrected chi connectivity index (χ4v) is 0.714. The van der Waals surface area contributed by atoms with Crippen LogP contribution in [0.15, 0.2) is 24.3 Å². The Bertz CT molecular complexity index is 212. The van der Waals surface area contributed by atoms with Gasteiger partial charge in [-0.2, -0.15) is 9.90 Å². The van der Waals surface area contributed by atoms with Gasteiger partial charge in [-0.3, -0.25) is 0 Å². The van der Waals surface area contributed by atoms with Crippen molar-refractivity contribution in [2.75, 3.05) is 0 Å². The van der Waals surface area contributed by atoms with Crippen LogP contribution < -0.4 is 0 Å². The van der Waals surface area contributed by atoms with E-state index in [1.807, 2.05) is 0 Å². The van der Waals surface area contributed by atoms with Crippen LogP contribution in [0.4, 0.5) is 0 Å². The van der Waals surface area contributed by atoms with Crippen LogP contribution in [0.5, 0.6) is 11.5 Å². The summed E-state index contributed by atoms with van der Waals surface area (Å²) in [5.74, 6) is -0.153. The fraction of sp³-hybridized carbons (Fsp3) is 0.400. The maximum atomic E-state index is 8.67. The normalized spacial score (nSPS) is 12.0. The monoisotopic (exact) mass is 218 g/mol. The van der Waals surface area contributed by atoms with E-state index in [1.165, 1.54) is 37.8 Å². The molecule has 1 saturated carbocycles. The average Bonchev–Trinajstić information content (AvgIpc) is 1.92. The minimum Gasteiger partial charge on any atom is -0.504 e. The molecule has 2 rings (SSSR count). The van der Waals surface area contributed by atoms with Crippen LogP contribution in [0.25, 0.3) is 0 Å². The minimum absolute atomic E-state index is 0. The number of hydrogen-bond acceptors (Lipinski definition) is 2. The Balaban J connectivity index is 0. The summed E-state index contributed by atoms with van der Waals surface area (Å²) in [6.07, 6.45) is 6.00. The molecule has 4 N–H and O–H groups in total. The topological polar surface area (TPSA) is 72.0 Å². The number of hydrogen-bond donors (Lipinski definition) is 2. The molecule has 82 valence electrons. The van der Waals surface area contributed by atoms with Gasteiger partial charge in [0.1, 0.15) is 0 Å². The average molecular weight is 218 g/mol. The van der Waals surface area contributed by atoms with Gasteiger partial charge < -0.3 is 15.7 Å². The lowest BCUT2D eigenvalue weighted by Gasteiger charge is -2.05. The first-order valence-corrected chi connectivity index (χ1v) is 4.27. The van der Waals surface area contributed by atoms with Crippen molar-refractivity contribution in [1.82, 2.24) is 0 Å². The maximum absolute atomic E-state index is 8.67. The van der Waals surface area contributed by atoms with Crippen LogP contribution in [0.3, 0.4) is 0 Å². The molecular weight excluding hydrogens is 199 g/mol. The second-order valence-corrected chi connectivity index (χ2v) is 2.90. The zero-order chi connectivity index (χ0) is 8.81. The smallest absolute Gasteiger partial charge is 0.157 e. The lowest BCUT2D eigenvalue weighted by Crippen LogP contribution is -1.85. The van der Waals surface area contributed by atoms with Crippen LogP contribution in [0.2, 0.25) is 0 Å². The van der Waals surface area contributed by atoms with Crippen molar-refractivity contribution in [3.8, 4) is 11.5 Å². The zero-order valence-electron chi connectivity index (χ0n) is 8.24. The second-order valence-electron chi connectivity index (χ2n) is 2.90. The summed E-state index contributed by atoms with van der Waals surface area (Å²) >= 11 is 0. The summed E-state index contributed by atoms with van der Waals surface area (Å²) in [5.41, 5.74) is 0. The second kappa shape index (κ2) is 8.79. The Kier molecular flexibility index (Phi) is 9.84. The van der Waals surface area contributed by atoms with Gasteiger partial charge in [0, 0.05) is 0 Å². The standard InChI is InChI=1S/C6H6O2.C4H8.H2O.H3P/c7-5-3-1-2-4-6(5)8;1-2-4-3-1;;/h1-4,7-8H;1-4H2;1H2;1H3. The molecule has 1 aromatic rings. The van der Waals surface area contributed by atoms with Crippen LogP contribution in [-0.4, -0.2) is 15.7 Å². The van der Waals surface area contributed by atoms with Gasteiger partial charge in [-0.05, 0) is 12.1 Å². The van der Waals surface area contributed by atoms with E-state index in [0.717, 1.165) is 0 Å². The predicted molar refractivity (Wildman–Crippen MR) is 63.0 cm³/mol. The molecule has 0 bridgehead atoms. The number of benzene rings is 1. The van der Waals surface area contributed by atoms with Gasteiger partial charge >= 0.3 is 0 Å². The summed E-state index contributed by atoms with van der Waals surface area (Å²) in [6.45, 7) is 0. The summed E-state index contributed by atoms with van der Waals surface area (Å²) in [7, 11) is 0. The summed E-state index contributed by atoms with van der Waals surface area (Å²) < 4.78 is 0. The van der Waals surface area contributed by atoms with Crippen LogP contribution in [0, 0.1) is 0 Å². The zero-order valence-corrected chi connectivity index (χ0v) is 9.65. The highest BCUT2D eigenvalue weighted by Crippen LogP contribution is 2.21. The Labute approximate surface area is 87.7 Å². The summed E-state index contributed by atoms with van der Waals surface area (Å²) in [4.78, 5) is 0. The first kappa shape index (κ1) is 15.7. The van der Waals surface area contributed by atoms with Gasteiger partial charge in [-0.1, -0.05) is 37.8 Å². The lowest BCUT2D eigenvalue weighted by atomic mass is 10.0. The number of aromatic hydroxyl groups is 2. The highest BCUT2D eigenvalue weighted by atomic mass is 31.0. The van der Waals surface area contributed by atoms with Gasteiger partial charge in [0.2, 0.25) is 0 Å². The number of phenolic OH excluding ortho intramolecular Hbond substituents is 2. The first-order valence-electron chi connectivity index (χ1n) is 4.27. The van der Waals surface area contributed by atoms with Crippen LogP contribution >= 0.6 is 9.90 Å². The third-order valence-electron chi connectivity index (χ3n) is 1.88. The largest absolute Gasteiger partial charge is 0.504 e. The molecule has 1 aromatic carbocycles. The molecule has 0 saturated heterocycles. The quantitative estimate of drug-likeness (QED) is 0.515. The third kappa shape index (κ3) is 5.79. The molecule has 0 radical (unpaired) electrons. The van der Waals surface area contributed by atoms with Crippen molar-refractivity contribution in [1.29, 1.82) is 0 Å². The maximum Gasteiger partial charge on any atom is 0.157 e. The van der Waals surface area contributed by atoms with Gasteiger partial charge in [-0.25, -0.2) is 0 Å². The van der Waals surface area contributed by atoms with Crippen molar-refractivity contribution in [3.05, 3.63) is 24.3 Å². The Morgan fingerprint density at radius 2 is 1.07 bits per heavy atom. The van der Waals surface area contributed by atoms with E-state index < -0.39 is 0 Å². The Morgan fingerprint density at radius 3 is 1.21 bits per heavy atom. The molecule has 14 heavy (non-hydrogen) atoms. The van der Waals surface area contributed by atoms with E-state index in [0.29, 0.717) is 0 Å². The predicted octanol–water partition coefficient (Wildman–Crippen LogP) is 1.89. The van der Waals surface area contributed by atoms with E-state index in [1.54, 1.807) is 12.1 Å². The Morgan fingerprint density at radius 1 is 0.786 bits per heavy atom. The number of para-hydroxylation sites is 2. The molecule has 1 aliphatic carbocycles. The highest BCUT2D eigenvalue weighted by molar-refractivity contribution is 6.92. The minimum atomic E-state index is -0.0764. The van der Waals surface area contributed by atoms with E-state index in [9.17, 15) is 0 Å². The fourth-order valence-electron chi connectivity index (χ4n) is 0.714. The van der Waals surface area contributed by atoms with Gasteiger partial charge in [0.15, 0.2) is 11.5 Å². The van der Waals surface area contributed by atoms with Crippen molar-refractivity contribution in [2.45, 2.75) is 25.7 Å². The van der Waals surface area contributed by atoms with E-state index >= 15 is 0 Å². The number of phenols is 2. The van der Waals surface area contributed by atoms with Gasteiger partial charge in [0.05, 0.1) is 0 Å². The summed E-state index contributed by atoms with van der Waals surface area (Å²) in [5, 5.41) is 17.3. The molecule has 1 atom stereocenters. The molecule has 1 fully saturated rings. The molecule has 0 aliphatic heterocycles. The third-order valence-corrected chi connectivity index (χ3v) is 1.88. The molecule has 0 aromatic heterocycles. The lowest BCUT2D eigenvalue weighted by molar-refractivity contribution is 0.404. The Hall–Kier alpha value is -0.790. The number of rotatable bonds is 0. The highest BCUT2D eigenvalue weighted by Gasteiger charge is 1.95. The van der Waals surface area contributed by atoms with Crippen molar-refractivity contribution in [3.63, 3.8) is 0 Å². The van der Waals surface area contributed by atoms with Crippen molar-refractivity contribution >= 4 is 9.90 Å². The molecule has 1 unspecified atom stereocenters. The molecule has 4 heteroatoms. The first-order chi connectivity index (χ1) is 5.80. The van der Waals surface area contributed by atoms with E-state index in [2.05, 4.69) is 0 Å². The molecule has 0 amide bonds.